The predicted molar refractivity (Wildman–Crippen MR) is 79.3 cm³/mol. The van der Waals surface area contributed by atoms with Crippen molar-refractivity contribution in [3.8, 4) is 0 Å². The summed E-state index contributed by atoms with van der Waals surface area (Å²) in [7, 11) is -0.839. The lowest BCUT2D eigenvalue weighted by Crippen LogP contribution is -2.28. The van der Waals surface area contributed by atoms with Gasteiger partial charge in [0.05, 0.1) is 11.4 Å². The summed E-state index contributed by atoms with van der Waals surface area (Å²) in [5.41, 5.74) is 2.60. The Bertz CT molecular complexity index is 491. The number of fused-ring (bicyclic) bond motifs is 1. The first-order valence-corrected chi connectivity index (χ1v) is 7.94. The lowest BCUT2D eigenvalue weighted by Gasteiger charge is -2.20. The number of carbonyl (C=O) groups is 1. The van der Waals surface area contributed by atoms with Gasteiger partial charge in [-0.15, -0.1) is 0 Å². The number of carbonyl (C=O) groups excluding carboxylic acids is 1. The molecule has 1 aromatic rings. The van der Waals surface area contributed by atoms with E-state index >= 15 is 0 Å². The van der Waals surface area contributed by atoms with Crippen LogP contribution in [0.3, 0.4) is 0 Å². The fourth-order valence-corrected chi connectivity index (χ4v) is 2.52. The quantitative estimate of drug-likeness (QED) is 0.754. The zero-order chi connectivity index (χ0) is 13.7. The molecule has 6 heteroatoms. The van der Waals surface area contributed by atoms with Gasteiger partial charge in [0.2, 0.25) is 0 Å². The first-order chi connectivity index (χ1) is 9.20. The normalized spacial score (nSPS) is 14.8. The molecule has 0 saturated heterocycles. The average Bonchev–Trinajstić information content (AvgIpc) is 2.46. The van der Waals surface area contributed by atoms with Crippen molar-refractivity contribution in [2.45, 2.75) is 6.92 Å². The van der Waals surface area contributed by atoms with Gasteiger partial charge in [0.15, 0.2) is 0 Å². The number of hydrogen-bond donors (Lipinski definition) is 3. The van der Waals surface area contributed by atoms with Crippen LogP contribution in [0.25, 0.3) is 0 Å². The van der Waals surface area contributed by atoms with E-state index < -0.39 is 10.8 Å². The van der Waals surface area contributed by atoms with Crippen LogP contribution in [0.4, 0.5) is 11.4 Å². The summed E-state index contributed by atoms with van der Waals surface area (Å²) in [6.07, 6.45) is 0. The van der Waals surface area contributed by atoms with E-state index in [-0.39, 0.29) is 5.91 Å². The molecule has 0 aliphatic carbocycles. The molecule has 19 heavy (non-hydrogen) atoms. The Morgan fingerprint density at radius 1 is 1.32 bits per heavy atom. The topological polar surface area (TPSA) is 70.2 Å². The molecule has 0 radical (unpaired) electrons. The van der Waals surface area contributed by atoms with Crippen molar-refractivity contribution < 1.29 is 9.00 Å². The van der Waals surface area contributed by atoms with Gasteiger partial charge < -0.3 is 16.0 Å². The highest BCUT2D eigenvalue weighted by molar-refractivity contribution is 7.84. The van der Waals surface area contributed by atoms with Crippen LogP contribution in [0, 0.1) is 0 Å². The van der Waals surface area contributed by atoms with Gasteiger partial charge in [0.1, 0.15) is 0 Å². The van der Waals surface area contributed by atoms with Crippen LogP contribution in [0.5, 0.6) is 0 Å². The molecular formula is C13H19N3O2S. The van der Waals surface area contributed by atoms with Gasteiger partial charge >= 0.3 is 0 Å². The molecule has 0 fully saturated rings. The summed E-state index contributed by atoms with van der Waals surface area (Å²) in [5.74, 6) is 1.01. The minimum atomic E-state index is -0.839. The van der Waals surface area contributed by atoms with Crippen molar-refractivity contribution in [3.05, 3.63) is 23.8 Å². The maximum atomic E-state index is 11.9. The Hall–Kier alpha value is -1.56. The average molecular weight is 281 g/mol. The molecule has 0 spiro atoms. The van der Waals surface area contributed by atoms with E-state index in [1.165, 1.54) is 0 Å². The second kappa shape index (κ2) is 6.56. The van der Waals surface area contributed by atoms with Crippen LogP contribution in [-0.2, 0) is 10.8 Å². The number of hydrogen-bond acceptors (Lipinski definition) is 4. The number of anilines is 2. The van der Waals surface area contributed by atoms with Gasteiger partial charge in [-0.3, -0.25) is 9.00 Å². The fourth-order valence-electron chi connectivity index (χ4n) is 1.91. The highest BCUT2D eigenvalue weighted by Gasteiger charge is 2.11. The van der Waals surface area contributed by atoms with Crippen molar-refractivity contribution in [2.75, 3.05) is 41.8 Å². The second-order valence-electron chi connectivity index (χ2n) is 4.30. The minimum Gasteiger partial charge on any atom is -0.382 e. The van der Waals surface area contributed by atoms with Crippen LogP contribution < -0.4 is 16.0 Å². The van der Waals surface area contributed by atoms with Crippen LogP contribution in [0.15, 0.2) is 18.2 Å². The third-order valence-electron chi connectivity index (χ3n) is 2.97. The Morgan fingerprint density at radius 3 is 2.79 bits per heavy atom. The Labute approximate surface area is 115 Å². The maximum absolute atomic E-state index is 11.9. The molecular weight excluding hydrogens is 262 g/mol. The largest absolute Gasteiger partial charge is 0.382 e. The Morgan fingerprint density at radius 2 is 2.05 bits per heavy atom. The highest BCUT2D eigenvalue weighted by atomic mass is 32.2. The molecule has 3 N–H and O–H groups in total. The van der Waals surface area contributed by atoms with E-state index in [1.807, 2.05) is 19.1 Å². The summed E-state index contributed by atoms with van der Waals surface area (Å²) in [6, 6.07) is 5.54. The third kappa shape index (κ3) is 3.70. The summed E-state index contributed by atoms with van der Waals surface area (Å²) >= 11 is 0. The van der Waals surface area contributed by atoms with Crippen LogP contribution in [-0.4, -0.2) is 41.3 Å². The van der Waals surface area contributed by atoms with Crippen molar-refractivity contribution in [1.29, 1.82) is 0 Å². The van der Waals surface area contributed by atoms with E-state index in [9.17, 15) is 9.00 Å². The molecule has 1 heterocycles. The van der Waals surface area contributed by atoms with Crippen LogP contribution >= 0.6 is 0 Å². The number of amides is 1. The minimum absolute atomic E-state index is 0.122. The monoisotopic (exact) mass is 281 g/mol. The van der Waals surface area contributed by atoms with E-state index in [0.717, 1.165) is 24.5 Å². The molecule has 5 nitrogen and oxygen atoms in total. The van der Waals surface area contributed by atoms with Gasteiger partial charge in [-0.25, -0.2) is 0 Å². The van der Waals surface area contributed by atoms with E-state index in [0.29, 0.717) is 23.6 Å². The standard InChI is InChI=1S/C13H19N3O2S/c1-2-19(18)8-7-16-13(17)10-3-4-11-12(9-10)15-6-5-14-11/h3-4,9,14-15H,2,5-8H2,1H3,(H,16,17). The lowest BCUT2D eigenvalue weighted by atomic mass is 10.1. The molecule has 1 atom stereocenters. The summed E-state index contributed by atoms with van der Waals surface area (Å²) in [4.78, 5) is 11.9. The van der Waals surface area contributed by atoms with Crippen LogP contribution in [0.1, 0.15) is 17.3 Å². The fraction of sp³-hybridized carbons (Fsp3) is 0.462. The maximum Gasteiger partial charge on any atom is 0.251 e. The molecule has 2 rings (SSSR count). The summed E-state index contributed by atoms with van der Waals surface area (Å²) in [6.45, 7) is 4.07. The SMILES string of the molecule is CCS(=O)CCNC(=O)c1ccc2c(c1)NCCN2. The summed E-state index contributed by atoms with van der Waals surface area (Å²) < 4.78 is 11.3. The van der Waals surface area contributed by atoms with Gasteiger partial charge in [0, 0.05) is 47.5 Å². The molecule has 0 saturated carbocycles. The van der Waals surface area contributed by atoms with Gasteiger partial charge in [0.25, 0.3) is 5.91 Å². The van der Waals surface area contributed by atoms with Crippen molar-refractivity contribution in [2.24, 2.45) is 0 Å². The third-order valence-corrected chi connectivity index (χ3v) is 4.28. The number of benzene rings is 1. The zero-order valence-corrected chi connectivity index (χ0v) is 11.8. The van der Waals surface area contributed by atoms with Gasteiger partial charge in [-0.1, -0.05) is 6.92 Å². The highest BCUT2D eigenvalue weighted by Crippen LogP contribution is 2.25. The van der Waals surface area contributed by atoms with Gasteiger partial charge in [-0.05, 0) is 18.2 Å². The van der Waals surface area contributed by atoms with Crippen molar-refractivity contribution in [1.82, 2.24) is 5.32 Å². The smallest absolute Gasteiger partial charge is 0.251 e. The molecule has 1 aliphatic heterocycles. The summed E-state index contributed by atoms with van der Waals surface area (Å²) in [5, 5.41) is 9.30. The first kappa shape index (κ1) is 13.9. The number of rotatable bonds is 5. The van der Waals surface area contributed by atoms with Crippen LogP contribution in [0.2, 0.25) is 0 Å². The Kier molecular flexibility index (Phi) is 4.79. The molecule has 1 amide bonds. The van der Waals surface area contributed by atoms with Gasteiger partial charge in [-0.2, -0.15) is 0 Å². The van der Waals surface area contributed by atoms with E-state index in [2.05, 4.69) is 16.0 Å². The molecule has 1 aromatic carbocycles. The molecule has 1 unspecified atom stereocenters. The van der Waals surface area contributed by atoms with Crippen molar-refractivity contribution >= 4 is 28.1 Å². The molecule has 1 aliphatic rings. The van der Waals surface area contributed by atoms with E-state index in [4.69, 9.17) is 0 Å². The van der Waals surface area contributed by atoms with Crippen molar-refractivity contribution in [3.63, 3.8) is 0 Å². The lowest BCUT2D eigenvalue weighted by molar-refractivity contribution is 0.0956. The second-order valence-corrected chi connectivity index (χ2v) is 6.17. The molecule has 0 aromatic heterocycles. The first-order valence-electron chi connectivity index (χ1n) is 6.45. The Balaban J connectivity index is 1.94. The molecule has 104 valence electrons. The number of nitrogens with one attached hydrogen (secondary N) is 3. The van der Waals surface area contributed by atoms with E-state index in [1.54, 1.807) is 6.07 Å². The zero-order valence-electron chi connectivity index (χ0n) is 11.0. The molecule has 0 bridgehead atoms. The predicted octanol–water partition coefficient (Wildman–Crippen LogP) is 1.02.